The quantitative estimate of drug-likeness (QED) is 0.924. The fraction of sp³-hybridized carbons (Fsp3) is 0.533. The molecule has 1 heterocycles. The van der Waals surface area contributed by atoms with E-state index >= 15 is 0 Å². The number of aliphatic hydroxyl groups is 1. The van der Waals surface area contributed by atoms with Crippen molar-refractivity contribution in [1.82, 2.24) is 4.57 Å². The van der Waals surface area contributed by atoms with Gasteiger partial charge in [-0.25, -0.2) is 4.79 Å². The van der Waals surface area contributed by atoms with Gasteiger partial charge in [-0.05, 0) is 42.4 Å². The highest BCUT2D eigenvalue weighted by Crippen LogP contribution is 2.57. The SMILES string of the molecule is CCn1c(=O)oc2cc(C(O)C3CC3(C)C)ccc21. The van der Waals surface area contributed by atoms with Crippen molar-refractivity contribution in [2.24, 2.45) is 11.3 Å². The second-order valence-electron chi connectivity index (χ2n) is 6.08. The Morgan fingerprint density at radius 2 is 2.21 bits per heavy atom. The first-order valence-electron chi connectivity index (χ1n) is 6.75. The molecule has 2 unspecified atom stereocenters. The highest BCUT2D eigenvalue weighted by atomic mass is 16.4. The molecule has 0 amide bonds. The van der Waals surface area contributed by atoms with Crippen LogP contribution in [0.3, 0.4) is 0 Å². The van der Waals surface area contributed by atoms with Gasteiger partial charge in [0.2, 0.25) is 0 Å². The summed E-state index contributed by atoms with van der Waals surface area (Å²) in [5, 5.41) is 10.4. The van der Waals surface area contributed by atoms with Crippen molar-refractivity contribution < 1.29 is 9.52 Å². The van der Waals surface area contributed by atoms with E-state index in [0.29, 0.717) is 18.0 Å². The standard InChI is InChI=1S/C15H19NO3/c1-4-16-11-6-5-9(7-12(11)19-14(16)18)13(17)10-8-15(10,2)3/h5-7,10,13,17H,4,8H2,1-3H3. The maximum atomic E-state index is 11.6. The van der Waals surface area contributed by atoms with Crippen molar-refractivity contribution in [3.63, 3.8) is 0 Å². The van der Waals surface area contributed by atoms with Gasteiger partial charge in [0.15, 0.2) is 5.58 Å². The topological polar surface area (TPSA) is 55.4 Å². The molecule has 1 aliphatic rings. The zero-order chi connectivity index (χ0) is 13.8. The molecule has 3 rings (SSSR count). The van der Waals surface area contributed by atoms with E-state index in [1.54, 1.807) is 10.6 Å². The number of nitrogens with zero attached hydrogens (tertiary/aromatic N) is 1. The van der Waals surface area contributed by atoms with Crippen LogP contribution in [0.2, 0.25) is 0 Å². The molecule has 1 aliphatic carbocycles. The van der Waals surface area contributed by atoms with Gasteiger partial charge in [-0.15, -0.1) is 0 Å². The van der Waals surface area contributed by atoms with Gasteiger partial charge in [0.25, 0.3) is 0 Å². The molecule has 2 aromatic rings. The summed E-state index contributed by atoms with van der Waals surface area (Å²) >= 11 is 0. The predicted octanol–water partition coefficient (Wildman–Crippen LogP) is 2.69. The summed E-state index contributed by atoms with van der Waals surface area (Å²) < 4.78 is 6.82. The third-order valence-electron chi connectivity index (χ3n) is 4.32. The van der Waals surface area contributed by atoms with E-state index in [2.05, 4.69) is 13.8 Å². The van der Waals surface area contributed by atoms with Gasteiger partial charge in [0.05, 0.1) is 11.6 Å². The third-order valence-corrected chi connectivity index (χ3v) is 4.32. The van der Waals surface area contributed by atoms with Gasteiger partial charge in [-0.3, -0.25) is 4.57 Å². The molecule has 1 N–H and O–H groups in total. The second-order valence-corrected chi connectivity index (χ2v) is 6.08. The van der Waals surface area contributed by atoms with E-state index in [-0.39, 0.29) is 11.2 Å². The van der Waals surface area contributed by atoms with Crippen molar-refractivity contribution in [2.45, 2.75) is 39.8 Å². The average molecular weight is 261 g/mol. The first-order valence-corrected chi connectivity index (χ1v) is 6.75. The molecule has 0 bridgehead atoms. The Balaban J connectivity index is 2.01. The smallest absolute Gasteiger partial charge is 0.408 e. The molecule has 0 radical (unpaired) electrons. The highest BCUT2D eigenvalue weighted by molar-refractivity contribution is 5.73. The summed E-state index contributed by atoms with van der Waals surface area (Å²) in [6.45, 7) is 6.81. The zero-order valence-corrected chi connectivity index (χ0v) is 11.5. The van der Waals surface area contributed by atoms with Crippen molar-refractivity contribution in [3.05, 3.63) is 34.3 Å². The number of rotatable bonds is 3. The van der Waals surface area contributed by atoms with Crippen molar-refractivity contribution in [3.8, 4) is 0 Å². The first-order chi connectivity index (χ1) is 8.94. The van der Waals surface area contributed by atoms with E-state index in [0.717, 1.165) is 17.5 Å². The molecule has 0 spiro atoms. The van der Waals surface area contributed by atoms with Gasteiger partial charge < -0.3 is 9.52 Å². The minimum atomic E-state index is -0.477. The monoisotopic (exact) mass is 261 g/mol. The molecule has 4 heteroatoms. The Kier molecular flexibility index (Phi) is 2.61. The minimum absolute atomic E-state index is 0.213. The van der Waals surface area contributed by atoms with Crippen LogP contribution in [0.1, 0.15) is 38.9 Å². The Morgan fingerprint density at radius 3 is 2.79 bits per heavy atom. The van der Waals surface area contributed by atoms with Crippen molar-refractivity contribution in [2.75, 3.05) is 0 Å². The van der Waals surface area contributed by atoms with Crippen LogP contribution < -0.4 is 5.76 Å². The number of aromatic nitrogens is 1. The first kappa shape index (κ1) is 12.5. The van der Waals surface area contributed by atoms with Crippen LogP contribution in [0.15, 0.2) is 27.4 Å². The van der Waals surface area contributed by atoms with Crippen LogP contribution in [0.5, 0.6) is 0 Å². The molecule has 102 valence electrons. The molecule has 1 saturated carbocycles. The Morgan fingerprint density at radius 1 is 1.53 bits per heavy atom. The second kappa shape index (κ2) is 3.97. The van der Waals surface area contributed by atoms with E-state index in [1.807, 2.05) is 19.1 Å². The summed E-state index contributed by atoms with van der Waals surface area (Å²) in [5.74, 6) is -0.0409. The number of benzene rings is 1. The number of aryl methyl sites for hydroxylation is 1. The lowest BCUT2D eigenvalue weighted by Crippen LogP contribution is -2.12. The predicted molar refractivity (Wildman–Crippen MR) is 73.0 cm³/mol. The molecule has 1 fully saturated rings. The molecule has 19 heavy (non-hydrogen) atoms. The maximum absolute atomic E-state index is 11.6. The molecule has 4 nitrogen and oxygen atoms in total. The lowest BCUT2D eigenvalue weighted by atomic mass is 9.99. The third kappa shape index (κ3) is 1.91. The fourth-order valence-electron chi connectivity index (χ4n) is 2.85. The number of fused-ring (bicyclic) bond motifs is 1. The van der Waals surface area contributed by atoms with Gasteiger partial charge in [-0.2, -0.15) is 0 Å². The molecule has 0 aliphatic heterocycles. The Hall–Kier alpha value is -1.55. The fourth-order valence-corrected chi connectivity index (χ4v) is 2.85. The van der Waals surface area contributed by atoms with Crippen molar-refractivity contribution >= 4 is 11.1 Å². The number of hydrogen-bond donors (Lipinski definition) is 1. The summed E-state index contributed by atoms with van der Waals surface area (Å²) in [7, 11) is 0. The lowest BCUT2D eigenvalue weighted by Gasteiger charge is -2.12. The van der Waals surface area contributed by atoms with E-state index < -0.39 is 6.10 Å². The Bertz CT molecular complexity index is 680. The average Bonchev–Trinajstić information content (AvgIpc) is 2.87. The normalized spacial score (nSPS) is 22.6. The van der Waals surface area contributed by atoms with E-state index in [1.165, 1.54) is 0 Å². The van der Waals surface area contributed by atoms with Crippen molar-refractivity contribution in [1.29, 1.82) is 0 Å². The number of aliphatic hydroxyl groups excluding tert-OH is 1. The zero-order valence-electron chi connectivity index (χ0n) is 11.5. The van der Waals surface area contributed by atoms with E-state index in [4.69, 9.17) is 4.42 Å². The molecular formula is C15H19NO3. The number of oxazole rings is 1. The van der Waals surface area contributed by atoms with Crippen LogP contribution in [0.4, 0.5) is 0 Å². The van der Waals surface area contributed by atoms with Gasteiger partial charge in [-0.1, -0.05) is 19.9 Å². The summed E-state index contributed by atoms with van der Waals surface area (Å²) in [5.41, 5.74) is 2.39. The van der Waals surface area contributed by atoms with Crippen LogP contribution in [-0.2, 0) is 6.54 Å². The largest absolute Gasteiger partial charge is 0.419 e. The van der Waals surface area contributed by atoms with Crippen LogP contribution >= 0.6 is 0 Å². The van der Waals surface area contributed by atoms with Gasteiger partial charge >= 0.3 is 5.76 Å². The molecule has 2 atom stereocenters. The summed E-state index contributed by atoms with van der Waals surface area (Å²) in [6, 6.07) is 5.54. The molecule has 1 aromatic carbocycles. The van der Waals surface area contributed by atoms with E-state index in [9.17, 15) is 9.90 Å². The summed E-state index contributed by atoms with van der Waals surface area (Å²) in [4.78, 5) is 11.6. The molecule has 0 saturated heterocycles. The van der Waals surface area contributed by atoms with Gasteiger partial charge in [0.1, 0.15) is 0 Å². The summed E-state index contributed by atoms with van der Waals surface area (Å²) in [6.07, 6.45) is 0.557. The van der Waals surface area contributed by atoms with Gasteiger partial charge in [0, 0.05) is 6.54 Å². The van der Waals surface area contributed by atoms with Crippen LogP contribution in [-0.4, -0.2) is 9.67 Å². The van der Waals surface area contributed by atoms with Crippen LogP contribution in [0.25, 0.3) is 11.1 Å². The number of hydrogen-bond acceptors (Lipinski definition) is 3. The van der Waals surface area contributed by atoms with Crippen LogP contribution in [0, 0.1) is 11.3 Å². The Labute approximate surface area is 111 Å². The maximum Gasteiger partial charge on any atom is 0.419 e. The lowest BCUT2D eigenvalue weighted by molar-refractivity contribution is 0.138. The molecule has 1 aromatic heterocycles. The molecular weight excluding hydrogens is 242 g/mol. The minimum Gasteiger partial charge on any atom is -0.408 e. The highest BCUT2D eigenvalue weighted by Gasteiger charge is 2.50.